The third-order valence-corrected chi connectivity index (χ3v) is 8.90. The second-order valence-electron chi connectivity index (χ2n) is 9.13. The molecule has 3 atom stereocenters. The van der Waals surface area contributed by atoms with E-state index in [0.717, 1.165) is 24.8 Å². The average Bonchev–Trinajstić information content (AvgIpc) is 3.37. The zero-order valence-corrected chi connectivity index (χ0v) is 20.3. The fraction of sp³-hybridized carbons (Fsp3) is 0.500. The molecule has 2 aromatic rings. The zero-order chi connectivity index (χ0) is 24.3. The number of sulfonamides is 1. The Bertz CT molecular complexity index is 1110. The Kier molecular flexibility index (Phi) is 7.30. The van der Waals surface area contributed by atoms with Crippen molar-refractivity contribution in [1.82, 2.24) is 19.5 Å². The van der Waals surface area contributed by atoms with Crippen molar-refractivity contribution in [3.63, 3.8) is 0 Å². The summed E-state index contributed by atoms with van der Waals surface area (Å²) in [5.41, 5.74) is 1.41. The van der Waals surface area contributed by atoms with Crippen LogP contribution in [0.2, 0.25) is 0 Å². The summed E-state index contributed by atoms with van der Waals surface area (Å²) in [5, 5.41) is 5.48. The molecule has 3 unspecified atom stereocenters. The van der Waals surface area contributed by atoms with Crippen molar-refractivity contribution in [3.05, 3.63) is 54.4 Å². The van der Waals surface area contributed by atoms with Crippen LogP contribution < -0.4 is 10.6 Å². The molecule has 2 aliphatic heterocycles. The third kappa shape index (κ3) is 5.65. The number of fused-ring (bicyclic) bond motifs is 1. The van der Waals surface area contributed by atoms with Crippen molar-refractivity contribution >= 4 is 21.7 Å². The van der Waals surface area contributed by atoms with Crippen molar-refractivity contribution in [2.75, 3.05) is 38.3 Å². The van der Waals surface area contributed by atoms with Gasteiger partial charge in [-0.1, -0.05) is 6.07 Å². The van der Waals surface area contributed by atoms with E-state index >= 15 is 0 Å². The summed E-state index contributed by atoms with van der Waals surface area (Å²) in [4.78, 5) is 18.8. The van der Waals surface area contributed by atoms with Gasteiger partial charge >= 0.3 is 6.03 Å². The maximum absolute atomic E-state index is 13.2. The summed E-state index contributed by atoms with van der Waals surface area (Å²) < 4.78 is 39.2. The van der Waals surface area contributed by atoms with Gasteiger partial charge in [0.15, 0.2) is 0 Å². The minimum absolute atomic E-state index is 0.167. The van der Waals surface area contributed by atoms with Gasteiger partial charge in [-0.3, -0.25) is 9.88 Å². The average molecular weight is 502 g/mol. The Balaban J connectivity index is 1.12. The van der Waals surface area contributed by atoms with Crippen LogP contribution in [-0.4, -0.2) is 79.9 Å². The molecule has 1 aliphatic carbocycles. The van der Waals surface area contributed by atoms with Crippen LogP contribution in [-0.2, 0) is 26.0 Å². The summed E-state index contributed by atoms with van der Waals surface area (Å²) in [6.07, 6.45) is 6.74. The van der Waals surface area contributed by atoms with E-state index in [9.17, 15) is 13.2 Å². The molecule has 188 valence electrons. The van der Waals surface area contributed by atoms with Crippen molar-refractivity contribution < 1.29 is 22.7 Å². The third-order valence-electron chi connectivity index (χ3n) is 6.98. The molecule has 2 amide bonds. The minimum atomic E-state index is -3.60. The molecular formula is C24H31N5O5S. The van der Waals surface area contributed by atoms with Gasteiger partial charge in [-0.05, 0) is 55.2 Å². The Morgan fingerprint density at radius 3 is 2.54 bits per heavy atom. The molecule has 3 aliphatic rings. The number of carbonyl (C=O) groups excluding carboxylic acids is 1. The molecule has 0 spiro atoms. The molecular weight excluding hydrogens is 470 g/mol. The van der Waals surface area contributed by atoms with Crippen LogP contribution in [0.4, 0.5) is 10.5 Å². The van der Waals surface area contributed by atoms with E-state index in [1.165, 1.54) is 12.1 Å². The van der Waals surface area contributed by atoms with Crippen molar-refractivity contribution in [2.24, 2.45) is 0 Å². The van der Waals surface area contributed by atoms with Crippen LogP contribution in [0.1, 0.15) is 24.8 Å². The fourth-order valence-corrected chi connectivity index (χ4v) is 6.44. The van der Waals surface area contributed by atoms with E-state index in [1.807, 2.05) is 6.07 Å². The number of urea groups is 1. The van der Waals surface area contributed by atoms with E-state index in [4.69, 9.17) is 9.47 Å². The van der Waals surface area contributed by atoms with Crippen LogP contribution in [0.3, 0.4) is 0 Å². The van der Waals surface area contributed by atoms with E-state index in [1.54, 1.807) is 34.9 Å². The van der Waals surface area contributed by atoms with E-state index < -0.39 is 10.0 Å². The van der Waals surface area contributed by atoms with Crippen LogP contribution in [0.5, 0.6) is 0 Å². The summed E-state index contributed by atoms with van der Waals surface area (Å²) in [7, 11) is -3.60. The summed E-state index contributed by atoms with van der Waals surface area (Å²) in [6, 6.07) is 10.0. The smallest absolute Gasteiger partial charge is 0.319 e. The number of benzene rings is 1. The first-order chi connectivity index (χ1) is 17.0. The number of pyridine rings is 1. The number of amides is 2. The molecule has 1 aromatic carbocycles. The predicted octanol–water partition coefficient (Wildman–Crippen LogP) is 2.00. The van der Waals surface area contributed by atoms with Crippen molar-refractivity contribution in [2.45, 2.75) is 49.0 Å². The van der Waals surface area contributed by atoms with Gasteiger partial charge in [-0.25, -0.2) is 13.2 Å². The van der Waals surface area contributed by atoms with Gasteiger partial charge in [0.25, 0.3) is 0 Å². The Hall–Kier alpha value is -2.57. The lowest BCUT2D eigenvalue weighted by Crippen LogP contribution is -2.54. The molecule has 11 heteroatoms. The number of nitrogens with zero attached hydrogens (tertiary/aromatic N) is 3. The van der Waals surface area contributed by atoms with E-state index in [-0.39, 0.29) is 23.1 Å². The number of nitrogens with one attached hydrogen (secondary N) is 2. The first-order valence-electron chi connectivity index (χ1n) is 12.0. The molecule has 10 nitrogen and oxygen atoms in total. The van der Waals surface area contributed by atoms with E-state index in [2.05, 4.69) is 20.5 Å². The lowest BCUT2D eigenvalue weighted by molar-refractivity contribution is 0.0287. The highest BCUT2D eigenvalue weighted by molar-refractivity contribution is 7.89. The Morgan fingerprint density at radius 1 is 1.03 bits per heavy atom. The number of ether oxygens (including phenoxy) is 2. The first kappa shape index (κ1) is 24.1. The van der Waals surface area contributed by atoms with Gasteiger partial charge in [-0.15, -0.1) is 0 Å². The molecule has 0 bridgehead atoms. The van der Waals surface area contributed by atoms with Crippen molar-refractivity contribution in [3.8, 4) is 0 Å². The van der Waals surface area contributed by atoms with Gasteiger partial charge in [0.2, 0.25) is 10.0 Å². The second-order valence-corrected chi connectivity index (χ2v) is 11.1. The van der Waals surface area contributed by atoms with Crippen LogP contribution in [0, 0.1) is 0 Å². The number of aromatic nitrogens is 1. The summed E-state index contributed by atoms with van der Waals surface area (Å²) in [6.45, 7) is 3.07. The standard InChI is InChI=1S/C24H31N5O5S/c30-24(26-16-18-2-1-9-25-15-18)27-19-3-6-21(7-4-19)35(31,32)29-12-10-28(11-13-29)20-5-8-22-23(14-20)34-17-33-22/h1-4,6-7,9,15,20,22-23H,5,8,10-14,16-17H2,(H2,26,27,30). The maximum atomic E-state index is 13.2. The van der Waals surface area contributed by atoms with Crippen LogP contribution in [0.15, 0.2) is 53.7 Å². The number of hydrogen-bond donors (Lipinski definition) is 2. The summed E-state index contributed by atoms with van der Waals surface area (Å²) in [5.74, 6) is 0. The van der Waals surface area contributed by atoms with Gasteiger partial charge in [0.05, 0.1) is 17.1 Å². The SMILES string of the molecule is O=C(NCc1cccnc1)Nc1ccc(S(=O)(=O)N2CCN(C3CCC4OCOC4C3)CC2)cc1. The summed E-state index contributed by atoms with van der Waals surface area (Å²) >= 11 is 0. The number of rotatable bonds is 6. The van der Waals surface area contributed by atoms with Gasteiger partial charge in [-0.2, -0.15) is 4.31 Å². The second kappa shape index (κ2) is 10.6. The molecule has 1 saturated carbocycles. The lowest BCUT2D eigenvalue weighted by Gasteiger charge is -2.42. The largest absolute Gasteiger partial charge is 0.349 e. The fourth-order valence-electron chi connectivity index (χ4n) is 5.02. The molecule has 2 N–H and O–H groups in total. The number of carbonyl (C=O) groups is 1. The normalized spacial score (nSPS) is 25.7. The predicted molar refractivity (Wildman–Crippen MR) is 129 cm³/mol. The molecule has 5 rings (SSSR count). The van der Waals surface area contributed by atoms with Crippen molar-refractivity contribution in [1.29, 1.82) is 0 Å². The number of hydrogen-bond acceptors (Lipinski definition) is 7. The van der Waals surface area contributed by atoms with Crippen LogP contribution in [0.25, 0.3) is 0 Å². The monoisotopic (exact) mass is 501 g/mol. The van der Waals surface area contributed by atoms with E-state index in [0.29, 0.717) is 51.2 Å². The highest BCUT2D eigenvalue weighted by Gasteiger charge is 2.39. The van der Waals surface area contributed by atoms with Gasteiger partial charge in [0, 0.05) is 56.8 Å². The number of anilines is 1. The van der Waals surface area contributed by atoms with Crippen LogP contribution >= 0.6 is 0 Å². The molecule has 3 fully saturated rings. The Morgan fingerprint density at radius 2 is 1.80 bits per heavy atom. The highest BCUT2D eigenvalue weighted by atomic mass is 32.2. The maximum Gasteiger partial charge on any atom is 0.319 e. The molecule has 0 radical (unpaired) electrons. The van der Waals surface area contributed by atoms with Gasteiger partial charge in [0.1, 0.15) is 6.79 Å². The Labute approximate surface area is 205 Å². The molecule has 2 saturated heterocycles. The minimum Gasteiger partial charge on any atom is -0.349 e. The quantitative estimate of drug-likeness (QED) is 0.623. The lowest BCUT2D eigenvalue weighted by atomic mass is 9.89. The molecule has 3 heterocycles. The molecule has 35 heavy (non-hydrogen) atoms. The van der Waals surface area contributed by atoms with Gasteiger partial charge < -0.3 is 20.1 Å². The highest BCUT2D eigenvalue weighted by Crippen LogP contribution is 2.32. The zero-order valence-electron chi connectivity index (χ0n) is 19.5. The topological polar surface area (TPSA) is 113 Å². The molecule has 1 aromatic heterocycles. The number of piperazine rings is 1. The first-order valence-corrected chi connectivity index (χ1v) is 13.4.